The van der Waals surface area contributed by atoms with Crippen LogP contribution in [0.15, 0.2) is 0 Å². The van der Waals surface area contributed by atoms with Crippen molar-refractivity contribution in [3.63, 3.8) is 0 Å². The molecule has 1 heteroatoms. The molecule has 8 atom stereocenters. The monoisotopic (exact) mass is 304 g/mol. The minimum absolute atomic E-state index is 0.0382. The molecule has 0 saturated heterocycles. The number of aliphatic hydroxyl groups is 1. The van der Waals surface area contributed by atoms with E-state index in [0.717, 1.165) is 36.0 Å². The second-order valence-electron chi connectivity index (χ2n) is 9.70. The summed E-state index contributed by atoms with van der Waals surface area (Å²) in [5, 5.41) is 11.2. The molecule has 0 aromatic rings. The average molecular weight is 305 g/mol. The molecular formula is C21H36O. The lowest BCUT2D eigenvalue weighted by atomic mass is 9.44. The fraction of sp³-hybridized carbons (Fsp3) is 1.00. The van der Waals surface area contributed by atoms with Gasteiger partial charge in [0.25, 0.3) is 0 Å². The van der Waals surface area contributed by atoms with Crippen molar-refractivity contribution < 1.29 is 5.11 Å². The Morgan fingerprint density at radius 3 is 2.55 bits per heavy atom. The van der Waals surface area contributed by atoms with E-state index in [9.17, 15) is 5.11 Å². The van der Waals surface area contributed by atoms with Gasteiger partial charge in [0.15, 0.2) is 0 Å². The first-order valence-electron chi connectivity index (χ1n) is 10.2. The molecule has 0 unspecified atom stereocenters. The van der Waals surface area contributed by atoms with Crippen LogP contribution in [0.3, 0.4) is 0 Å². The summed E-state index contributed by atoms with van der Waals surface area (Å²) in [6, 6.07) is 0. The van der Waals surface area contributed by atoms with Crippen molar-refractivity contribution in [2.75, 3.05) is 0 Å². The molecule has 0 aromatic heterocycles. The van der Waals surface area contributed by atoms with Crippen LogP contribution in [0, 0.1) is 40.4 Å². The maximum Gasteiger partial charge on any atom is 0.0602 e. The van der Waals surface area contributed by atoms with Gasteiger partial charge < -0.3 is 5.11 Å². The summed E-state index contributed by atoms with van der Waals surface area (Å²) in [5.74, 6) is 4.28. The van der Waals surface area contributed by atoms with Gasteiger partial charge in [-0.2, -0.15) is 0 Å². The Balaban J connectivity index is 1.67. The Hall–Kier alpha value is -0.0400. The van der Waals surface area contributed by atoms with Crippen LogP contribution in [0.2, 0.25) is 0 Å². The molecule has 4 saturated carbocycles. The van der Waals surface area contributed by atoms with Gasteiger partial charge in [-0.3, -0.25) is 0 Å². The summed E-state index contributed by atoms with van der Waals surface area (Å²) in [7, 11) is 0. The Kier molecular flexibility index (Phi) is 3.68. The smallest absolute Gasteiger partial charge is 0.0602 e. The molecule has 4 fully saturated rings. The highest BCUT2D eigenvalue weighted by molar-refractivity contribution is 5.11. The fourth-order valence-electron chi connectivity index (χ4n) is 8.04. The van der Waals surface area contributed by atoms with Crippen LogP contribution in [0.5, 0.6) is 0 Å². The van der Waals surface area contributed by atoms with Crippen LogP contribution in [0.4, 0.5) is 0 Å². The molecule has 0 spiro atoms. The lowest BCUT2D eigenvalue weighted by molar-refractivity contribution is -0.163. The van der Waals surface area contributed by atoms with Gasteiger partial charge in [0.1, 0.15) is 0 Å². The number of rotatable bonds is 1. The molecule has 0 amide bonds. The van der Waals surface area contributed by atoms with Gasteiger partial charge >= 0.3 is 0 Å². The highest BCUT2D eigenvalue weighted by Gasteiger charge is 2.62. The van der Waals surface area contributed by atoms with Crippen LogP contribution >= 0.6 is 0 Å². The van der Waals surface area contributed by atoms with Gasteiger partial charge in [-0.05, 0) is 85.4 Å². The van der Waals surface area contributed by atoms with Crippen molar-refractivity contribution in [1.82, 2.24) is 0 Å². The molecule has 126 valence electrons. The van der Waals surface area contributed by atoms with Gasteiger partial charge in [0.2, 0.25) is 0 Å². The number of aliphatic hydroxyl groups excluding tert-OH is 1. The summed E-state index contributed by atoms with van der Waals surface area (Å²) in [6.07, 6.45) is 13.9. The third kappa shape index (κ3) is 1.87. The third-order valence-corrected chi connectivity index (χ3v) is 9.37. The molecule has 4 aliphatic rings. The van der Waals surface area contributed by atoms with E-state index in [-0.39, 0.29) is 11.5 Å². The van der Waals surface area contributed by atoms with E-state index < -0.39 is 0 Å². The van der Waals surface area contributed by atoms with Crippen molar-refractivity contribution in [2.45, 2.75) is 91.1 Å². The molecule has 4 aliphatic carbocycles. The zero-order valence-electron chi connectivity index (χ0n) is 15.0. The van der Waals surface area contributed by atoms with E-state index in [0.29, 0.717) is 5.41 Å². The minimum Gasteiger partial charge on any atom is -0.393 e. The molecule has 0 aliphatic heterocycles. The zero-order chi connectivity index (χ0) is 15.5. The van der Waals surface area contributed by atoms with Crippen LogP contribution in [-0.2, 0) is 0 Å². The second-order valence-corrected chi connectivity index (χ2v) is 9.70. The molecule has 0 heterocycles. The standard InChI is InChI=1S/C21H36O/c1-4-14-9-11-17-16-10-8-15-7-5-6-12-20(15,2)18(16)13-19(22)21(14,17)3/h14-19,22H,4-13H2,1-3H3/t14-,15+,16-,17-,18-,19-,20-,21+/m0/s1. The third-order valence-electron chi connectivity index (χ3n) is 9.37. The van der Waals surface area contributed by atoms with E-state index in [4.69, 9.17) is 0 Å². The average Bonchev–Trinajstić information content (AvgIpc) is 2.86. The highest BCUT2D eigenvalue weighted by atomic mass is 16.3. The van der Waals surface area contributed by atoms with Gasteiger partial charge in [-0.15, -0.1) is 0 Å². The first-order chi connectivity index (χ1) is 10.5. The number of hydrogen-bond donors (Lipinski definition) is 1. The van der Waals surface area contributed by atoms with Crippen molar-refractivity contribution in [3.05, 3.63) is 0 Å². The fourth-order valence-corrected chi connectivity index (χ4v) is 8.04. The van der Waals surface area contributed by atoms with Gasteiger partial charge in [-0.1, -0.05) is 40.0 Å². The van der Waals surface area contributed by atoms with Crippen LogP contribution in [0.25, 0.3) is 0 Å². The van der Waals surface area contributed by atoms with Crippen molar-refractivity contribution in [3.8, 4) is 0 Å². The van der Waals surface area contributed by atoms with E-state index in [1.165, 1.54) is 57.8 Å². The SMILES string of the molecule is CC[C@H]1CC[C@H]2[C@@H]3CC[C@H]4CCCC[C@]4(C)[C@H]3C[C@H](O)[C@]12C. The highest BCUT2D eigenvalue weighted by Crippen LogP contribution is 2.67. The largest absolute Gasteiger partial charge is 0.393 e. The molecule has 0 aromatic carbocycles. The lowest BCUT2D eigenvalue weighted by Gasteiger charge is -2.61. The quantitative estimate of drug-likeness (QED) is 0.686. The maximum atomic E-state index is 11.2. The van der Waals surface area contributed by atoms with Crippen molar-refractivity contribution in [1.29, 1.82) is 0 Å². The van der Waals surface area contributed by atoms with Gasteiger partial charge in [0.05, 0.1) is 6.10 Å². The molecule has 1 nitrogen and oxygen atoms in total. The Morgan fingerprint density at radius 2 is 1.77 bits per heavy atom. The predicted molar refractivity (Wildman–Crippen MR) is 91.5 cm³/mol. The maximum absolute atomic E-state index is 11.2. The van der Waals surface area contributed by atoms with Crippen LogP contribution in [-0.4, -0.2) is 11.2 Å². The van der Waals surface area contributed by atoms with Crippen LogP contribution in [0.1, 0.15) is 85.0 Å². The molecule has 0 radical (unpaired) electrons. The minimum atomic E-state index is -0.0382. The second kappa shape index (κ2) is 5.23. The van der Waals surface area contributed by atoms with E-state index in [1.54, 1.807) is 0 Å². The molecular weight excluding hydrogens is 268 g/mol. The van der Waals surface area contributed by atoms with Crippen molar-refractivity contribution in [2.24, 2.45) is 40.4 Å². The Bertz CT molecular complexity index is 432. The Morgan fingerprint density at radius 1 is 0.955 bits per heavy atom. The summed E-state index contributed by atoms with van der Waals surface area (Å²) >= 11 is 0. The topological polar surface area (TPSA) is 20.2 Å². The molecule has 22 heavy (non-hydrogen) atoms. The summed E-state index contributed by atoms with van der Waals surface area (Å²) < 4.78 is 0. The zero-order valence-corrected chi connectivity index (χ0v) is 15.0. The van der Waals surface area contributed by atoms with E-state index in [2.05, 4.69) is 20.8 Å². The molecule has 1 N–H and O–H groups in total. The van der Waals surface area contributed by atoms with Crippen LogP contribution < -0.4 is 0 Å². The summed E-state index contributed by atoms with van der Waals surface area (Å²) in [6.45, 7) is 7.40. The Labute approximate surface area is 137 Å². The van der Waals surface area contributed by atoms with Gasteiger partial charge in [0, 0.05) is 0 Å². The summed E-state index contributed by atoms with van der Waals surface area (Å²) in [5.41, 5.74) is 0.779. The normalized spacial score (nSPS) is 57.8. The van der Waals surface area contributed by atoms with E-state index >= 15 is 0 Å². The summed E-state index contributed by atoms with van der Waals surface area (Å²) in [4.78, 5) is 0. The first-order valence-corrected chi connectivity index (χ1v) is 10.2. The molecule has 0 bridgehead atoms. The van der Waals surface area contributed by atoms with E-state index in [1.807, 2.05) is 0 Å². The first kappa shape index (κ1) is 15.5. The lowest BCUT2D eigenvalue weighted by Crippen LogP contribution is -2.57. The predicted octanol–water partition coefficient (Wildman–Crippen LogP) is 5.42. The number of fused-ring (bicyclic) bond motifs is 5. The number of hydrogen-bond acceptors (Lipinski definition) is 1. The molecule has 4 rings (SSSR count). The van der Waals surface area contributed by atoms with Gasteiger partial charge in [-0.25, -0.2) is 0 Å². The van der Waals surface area contributed by atoms with Crippen molar-refractivity contribution >= 4 is 0 Å².